The van der Waals surface area contributed by atoms with Crippen molar-refractivity contribution in [1.29, 1.82) is 0 Å². The van der Waals surface area contributed by atoms with E-state index in [0.717, 1.165) is 12.8 Å². The Labute approximate surface area is 92.8 Å². The van der Waals surface area contributed by atoms with Crippen LogP contribution in [0.2, 0.25) is 0 Å². The number of hydrogen-bond donors (Lipinski definition) is 1. The lowest BCUT2D eigenvalue weighted by molar-refractivity contribution is -0.123. The molecule has 2 fully saturated rings. The van der Waals surface area contributed by atoms with Crippen LogP contribution in [0.3, 0.4) is 0 Å². The third-order valence-corrected chi connectivity index (χ3v) is 3.95. The van der Waals surface area contributed by atoms with Crippen molar-refractivity contribution in [2.75, 3.05) is 0 Å². The molecule has 0 aromatic carbocycles. The SMILES string of the molecule is CC(C)[C@@H]1CCCC[C@H]1NC(=O)C1CC1. The van der Waals surface area contributed by atoms with Gasteiger partial charge in [0.25, 0.3) is 0 Å². The molecule has 2 aliphatic rings. The third-order valence-electron chi connectivity index (χ3n) is 3.95. The first-order chi connectivity index (χ1) is 7.18. The summed E-state index contributed by atoms with van der Waals surface area (Å²) >= 11 is 0. The molecule has 2 atom stereocenters. The average molecular weight is 209 g/mol. The highest BCUT2D eigenvalue weighted by Crippen LogP contribution is 2.33. The second-order valence-corrected chi connectivity index (χ2v) is 5.58. The summed E-state index contributed by atoms with van der Waals surface area (Å²) in [5.41, 5.74) is 0. The minimum atomic E-state index is 0.326. The molecule has 0 heterocycles. The van der Waals surface area contributed by atoms with Gasteiger partial charge in [0, 0.05) is 12.0 Å². The van der Waals surface area contributed by atoms with Crippen LogP contribution in [0.15, 0.2) is 0 Å². The first-order valence-electron chi connectivity index (χ1n) is 6.49. The largest absolute Gasteiger partial charge is 0.353 e. The minimum absolute atomic E-state index is 0.326. The van der Waals surface area contributed by atoms with Gasteiger partial charge in [0.05, 0.1) is 0 Å². The standard InChI is InChI=1S/C13H23NO/c1-9(2)11-5-3-4-6-12(11)14-13(15)10-7-8-10/h9-12H,3-8H2,1-2H3,(H,14,15)/t11-,12+/m0/s1. The van der Waals surface area contributed by atoms with Gasteiger partial charge in [-0.15, -0.1) is 0 Å². The highest BCUT2D eigenvalue weighted by Gasteiger charge is 2.34. The zero-order chi connectivity index (χ0) is 10.8. The van der Waals surface area contributed by atoms with Gasteiger partial charge < -0.3 is 5.32 Å². The van der Waals surface area contributed by atoms with E-state index in [1.807, 2.05) is 0 Å². The van der Waals surface area contributed by atoms with E-state index in [1.165, 1.54) is 25.7 Å². The van der Waals surface area contributed by atoms with Crippen LogP contribution >= 0.6 is 0 Å². The molecule has 2 rings (SSSR count). The van der Waals surface area contributed by atoms with Gasteiger partial charge >= 0.3 is 0 Å². The van der Waals surface area contributed by atoms with E-state index < -0.39 is 0 Å². The fourth-order valence-electron chi connectivity index (χ4n) is 2.78. The van der Waals surface area contributed by atoms with Crippen LogP contribution in [0, 0.1) is 17.8 Å². The number of carbonyl (C=O) groups excluding carboxylic acids is 1. The molecule has 2 aliphatic carbocycles. The van der Waals surface area contributed by atoms with Crippen molar-refractivity contribution in [1.82, 2.24) is 5.32 Å². The van der Waals surface area contributed by atoms with Crippen LogP contribution in [-0.4, -0.2) is 11.9 Å². The lowest BCUT2D eigenvalue weighted by Gasteiger charge is -2.35. The van der Waals surface area contributed by atoms with Crippen LogP contribution in [0.4, 0.5) is 0 Å². The third kappa shape index (κ3) is 2.73. The zero-order valence-corrected chi connectivity index (χ0v) is 9.96. The quantitative estimate of drug-likeness (QED) is 0.761. The minimum Gasteiger partial charge on any atom is -0.353 e. The van der Waals surface area contributed by atoms with Crippen LogP contribution in [-0.2, 0) is 4.79 Å². The van der Waals surface area contributed by atoms with Crippen molar-refractivity contribution in [2.45, 2.75) is 58.4 Å². The Morgan fingerprint density at radius 2 is 1.80 bits per heavy atom. The molecule has 0 spiro atoms. The van der Waals surface area contributed by atoms with Gasteiger partial charge in [-0.2, -0.15) is 0 Å². The number of nitrogens with one attached hydrogen (secondary N) is 1. The Kier molecular flexibility index (Phi) is 3.32. The molecule has 2 nitrogen and oxygen atoms in total. The summed E-state index contributed by atoms with van der Waals surface area (Å²) in [5.74, 6) is 2.10. The Hall–Kier alpha value is -0.530. The Bertz CT molecular complexity index is 233. The van der Waals surface area contributed by atoms with E-state index in [4.69, 9.17) is 0 Å². The zero-order valence-electron chi connectivity index (χ0n) is 9.96. The summed E-state index contributed by atoms with van der Waals surface area (Å²) < 4.78 is 0. The number of hydrogen-bond acceptors (Lipinski definition) is 1. The molecule has 0 saturated heterocycles. The monoisotopic (exact) mass is 209 g/mol. The van der Waals surface area contributed by atoms with Crippen molar-refractivity contribution in [3.8, 4) is 0 Å². The topological polar surface area (TPSA) is 29.1 Å². The molecule has 0 aromatic rings. The molecular weight excluding hydrogens is 186 g/mol. The van der Waals surface area contributed by atoms with Gasteiger partial charge in [-0.1, -0.05) is 26.7 Å². The summed E-state index contributed by atoms with van der Waals surface area (Å²) in [6.07, 6.45) is 7.36. The fraction of sp³-hybridized carbons (Fsp3) is 0.923. The summed E-state index contributed by atoms with van der Waals surface area (Å²) in [5, 5.41) is 3.27. The van der Waals surface area contributed by atoms with Gasteiger partial charge in [0.15, 0.2) is 0 Å². The summed E-state index contributed by atoms with van der Waals surface area (Å²) in [4.78, 5) is 11.7. The van der Waals surface area contributed by atoms with Gasteiger partial charge in [0.2, 0.25) is 5.91 Å². The lowest BCUT2D eigenvalue weighted by atomic mass is 9.78. The molecule has 0 aromatic heterocycles. The van der Waals surface area contributed by atoms with E-state index in [0.29, 0.717) is 29.7 Å². The van der Waals surface area contributed by atoms with Crippen molar-refractivity contribution in [3.63, 3.8) is 0 Å². The maximum Gasteiger partial charge on any atom is 0.223 e. The number of amides is 1. The fourth-order valence-corrected chi connectivity index (χ4v) is 2.78. The molecule has 0 bridgehead atoms. The molecule has 0 aliphatic heterocycles. The summed E-state index contributed by atoms with van der Waals surface area (Å²) in [7, 11) is 0. The first kappa shape index (κ1) is 11.0. The van der Waals surface area contributed by atoms with Gasteiger partial charge in [-0.25, -0.2) is 0 Å². The van der Waals surface area contributed by atoms with Crippen molar-refractivity contribution < 1.29 is 4.79 Å². The lowest BCUT2D eigenvalue weighted by Crippen LogP contribution is -2.44. The van der Waals surface area contributed by atoms with E-state index in [-0.39, 0.29) is 0 Å². The second kappa shape index (κ2) is 4.54. The predicted octanol–water partition coefficient (Wildman–Crippen LogP) is 2.73. The normalized spacial score (nSPS) is 31.7. The van der Waals surface area contributed by atoms with E-state index >= 15 is 0 Å². The number of carbonyl (C=O) groups is 1. The van der Waals surface area contributed by atoms with Crippen LogP contribution in [0.1, 0.15) is 52.4 Å². The molecule has 2 saturated carbocycles. The molecular formula is C13H23NO. The molecule has 0 radical (unpaired) electrons. The average Bonchev–Trinajstić information content (AvgIpc) is 3.01. The van der Waals surface area contributed by atoms with E-state index in [2.05, 4.69) is 19.2 Å². The van der Waals surface area contributed by atoms with Crippen LogP contribution in [0.5, 0.6) is 0 Å². The van der Waals surface area contributed by atoms with E-state index in [1.54, 1.807) is 0 Å². The molecule has 2 heteroatoms. The van der Waals surface area contributed by atoms with Crippen LogP contribution < -0.4 is 5.32 Å². The van der Waals surface area contributed by atoms with Crippen LogP contribution in [0.25, 0.3) is 0 Å². The van der Waals surface area contributed by atoms with Gasteiger partial charge in [0.1, 0.15) is 0 Å². The summed E-state index contributed by atoms with van der Waals surface area (Å²) in [6.45, 7) is 4.57. The molecule has 1 amide bonds. The van der Waals surface area contributed by atoms with Gasteiger partial charge in [-0.05, 0) is 37.5 Å². The van der Waals surface area contributed by atoms with Gasteiger partial charge in [-0.3, -0.25) is 4.79 Å². The molecule has 86 valence electrons. The Morgan fingerprint density at radius 3 is 2.40 bits per heavy atom. The van der Waals surface area contributed by atoms with E-state index in [9.17, 15) is 4.79 Å². The van der Waals surface area contributed by atoms with Crippen molar-refractivity contribution in [2.24, 2.45) is 17.8 Å². The highest BCUT2D eigenvalue weighted by atomic mass is 16.2. The predicted molar refractivity (Wildman–Crippen MR) is 61.5 cm³/mol. The smallest absolute Gasteiger partial charge is 0.223 e. The summed E-state index contributed by atoms with van der Waals surface area (Å²) in [6, 6.07) is 0.465. The Balaban J connectivity index is 1.88. The molecule has 1 N–H and O–H groups in total. The van der Waals surface area contributed by atoms with Crippen molar-refractivity contribution >= 4 is 5.91 Å². The molecule has 0 unspecified atom stereocenters. The Morgan fingerprint density at radius 1 is 1.13 bits per heavy atom. The second-order valence-electron chi connectivity index (χ2n) is 5.58. The first-order valence-corrected chi connectivity index (χ1v) is 6.49. The molecule has 15 heavy (non-hydrogen) atoms. The highest BCUT2D eigenvalue weighted by molar-refractivity contribution is 5.81. The maximum atomic E-state index is 11.7. The number of rotatable bonds is 3. The maximum absolute atomic E-state index is 11.7. The van der Waals surface area contributed by atoms with Crippen molar-refractivity contribution in [3.05, 3.63) is 0 Å².